The third-order valence-corrected chi connectivity index (χ3v) is 2.80. The van der Waals surface area contributed by atoms with Gasteiger partial charge in [0, 0.05) is 19.2 Å². The highest BCUT2D eigenvalue weighted by Gasteiger charge is 2.13. The van der Waals surface area contributed by atoms with Crippen molar-refractivity contribution in [3.63, 3.8) is 0 Å². The SMILES string of the molecule is COc1c(OCc2ccccc2)ccnc1COC(C)=O. The number of esters is 1. The summed E-state index contributed by atoms with van der Waals surface area (Å²) >= 11 is 0. The Morgan fingerprint density at radius 1 is 1.14 bits per heavy atom. The summed E-state index contributed by atoms with van der Waals surface area (Å²) in [6.45, 7) is 1.83. The van der Waals surface area contributed by atoms with Gasteiger partial charge in [-0.2, -0.15) is 0 Å². The van der Waals surface area contributed by atoms with Crippen molar-refractivity contribution in [1.29, 1.82) is 0 Å². The molecule has 0 bridgehead atoms. The standard InChI is InChI=1S/C16H17NO4/c1-12(18)20-11-14-16(19-2)15(8-9-17-14)21-10-13-6-4-3-5-7-13/h3-9H,10-11H2,1-2H3. The van der Waals surface area contributed by atoms with Crippen molar-refractivity contribution in [2.24, 2.45) is 0 Å². The van der Waals surface area contributed by atoms with Crippen LogP contribution in [0.4, 0.5) is 0 Å². The highest BCUT2D eigenvalue weighted by Crippen LogP contribution is 2.30. The number of benzene rings is 1. The zero-order valence-electron chi connectivity index (χ0n) is 12.0. The lowest BCUT2D eigenvalue weighted by Gasteiger charge is -2.13. The molecule has 0 saturated heterocycles. The molecule has 0 radical (unpaired) electrons. The topological polar surface area (TPSA) is 57.6 Å². The summed E-state index contributed by atoms with van der Waals surface area (Å²) in [5.74, 6) is 0.683. The normalized spacial score (nSPS) is 10.0. The summed E-state index contributed by atoms with van der Waals surface area (Å²) in [6, 6.07) is 11.5. The zero-order valence-corrected chi connectivity index (χ0v) is 12.0. The maximum absolute atomic E-state index is 10.9. The summed E-state index contributed by atoms with van der Waals surface area (Å²) in [5, 5.41) is 0. The fraction of sp³-hybridized carbons (Fsp3) is 0.250. The Labute approximate surface area is 123 Å². The number of hydrogen-bond donors (Lipinski definition) is 0. The van der Waals surface area contributed by atoms with Crippen molar-refractivity contribution in [3.8, 4) is 11.5 Å². The van der Waals surface area contributed by atoms with Gasteiger partial charge in [0.1, 0.15) is 18.9 Å². The molecule has 0 aliphatic rings. The number of rotatable bonds is 6. The lowest BCUT2D eigenvalue weighted by Crippen LogP contribution is -2.05. The van der Waals surface area contributed by atoms with E-state index in [-0.39, 0.29) is 12.6 Å². The number of nitrogens with zero attached hydrogens (tertiary/aromatic N) is 1. The first-order valence-electron chi connectivity index (χ1n) is 6.52. The van der Waals surface area contributed by atoms with Crippen molar-refractivity contribution in [3.05, 3.63) is 53.9 Å². The van der Waals surface area contributed by atoms with Crippen LogP contribution in [0.15, 0.2) is 42.6 Å². The second kappa shape index (κ2) is 7.28. The maximum atomic E-state index is 10.9. The van der Waals surface area contributed by atoms with E-state index in [4.69, 9.17) is 14.2 Å². The van der Waals surface area contributed by atoms with E-state index in [2.05, 4.69) is 4.98 Å². The van der Waals surface area contributed by atoms with Crippen LogP contribution in [0.1, 0.15) is 18.2 Å². The van der Waals surface area contributed by atoms with E-state index in [0.717, 1.165) is 5.56 Å². The van der Waals surface area contributed by atoms with E-state index in [1.807, 2.05) is 30.3 Å². The van der Waals surface area contributed by atoms with Crippen LogP contribution in [0.3, 0.4) is 0 Å². The molecule has 0 spiro atoms. The molecule has 2 aromatic rings. The number of pyridine rings is 1. The van der Waals surface area contributed by atoms with Gasteiger partial charge in [0.2, 0.25) is 0 Å². The highest BCUT2D eigenvalue weighted by molar-refractivity contribution is 5.66. The molecule has 0 unspecified atom stereocenters. The number of carbonyl (C=O) groups excluding carboxylic acids is 1. The van der Waals surface area contributed by atoms with Gasteiger partial charge in [0.05, 0.1) is 7.11 Å². The molecule has 0 N–H and O–H groups in total. The van der Waals surface area contributed by atoms with E-state index in [0.29, 0.717) is 23.8 Å². The zero-order chi connectivity index (χ0) is 15.1. The molecule has 0 atom stereocenters. The molecule has 0 aliphatic heterocycles. The number of ether oxygens (including phenoxy) is 3. The van der Waals surface area contributed by atoms with E-state index in [9.17, 15) is 4.79 Å². The van der Waals surface area contributed by atoms with Crippen molar-refractivity contribution < 1.29 is 19.0 Å². The van der Waals surface area contributed by atoms with Crippen LogP contribution in [0.25, 0.3) is 0 Å². The van der Waals surface area contributed by atoms with Crippen LogP contribution in [0.2, 0.25) is 0 Å². The predicted molar refractivity (Wildman–Crippen MR) is 77.0 cm³/mol. The first-order valence-corrected chi connectivity index (χ1v) is 6.52. The molecule has 5 heteroatoms. The third kappa shape index (κ3) is 4.21. The average molecular weight is 287 g/mol. The number of hydrogen-bond acceptors (Lipinski definition) is 5. The largest absolute Gasteiger partial charge is 0.491 e. The van der Waals surface area contributed by atoms with Gasteiger partial charge < -0.3 is 14.2 Å². The number of aromatic nitrogens is 1. The van der Waals surface area contributed by atoms with Crippen LogP contribution in [-0.4, -0.2) is 18.1 Å². The molecule has 21 heavy (non-hydrogen) atoms. The number of carbonyl (C=O) groups is 1. The Morgan fingerprint density at radius 2 is 1.90 bits per heavy atom. The summed E-state index contributed by atoms with van der Waals surface area (Å²) in [7, 11) is 1.53. The van der Waals surface area contributed by atoms with E-state index >= 15 is 0 Å². The lowest BCUT2D eigenvalue weighted by molar-refractivity contribution is -0.142. The molecule has 0 amide bonds. The molecule has 110 valence electrons. The first kappa shape index (κ1) is 14.8. The fourth-order valence-electron chi connectivity index (χ4n) is 1.81. The Hall–Kier alpha value is -2.56. The molecule has 0 fully saturated rings. The quantitative estimate of drug-likeness (QED) is 0.765. The molecular formula is C16H17NO4. The third-order valence-electron chi connectivity index (χ3n) is 2.80. The maximum Gasteiger partial charge on any atom is 0.303 e. The van der Waals surface area contributed by atoms with Crippen LogP contribution < -0.4 is 9.47 Å². The van der Waals surface area contributed by atoms with Gasteiger partial charge in [-0.15, -0.1) is 0 Å². The minimum absolute atomic E-state index is 0.0566. The molecule has 1 aromatic heterocycles. The van der Waals surface area contributed by atoms with Crippen molar-refractivity contribution in [2.75, 3.05) is 7.11 Å². The van der Waals surface area contributed by atoms with Gasteiger partial charge in [-0.05, 0) is 5.56 Å². The molecule has 5 nitrogen and oxygen atoms in total. The Balaban J connectivity index is 2.11. The van der Waals surface area contributed by atoms with Crippen molar-refractivity contribution in [1.82, 2.24) is 4.98 Å². The van der Waals surface area contributed by atoms with Crippen molar-refractivity contribution in [2.45, 2.75) is 20.1 Å². The smallest absolute Gasteiger partial charge is 0.303 e. The van der Waals surface area contributed by atoms with Crippen LogP contribution >= 0.6 is 0 Å². The monoisotopic (exact) mass is 287 g/mol. The minimum Gasteiger partial charge on any atom is -0.491 e. The van der Waals surface area contributed by atoms with Crippen LogP contribution in [0.5, 0.6) is 11.5 Å². The fourth-order valence-corrected chi connectivity index (χ4v) is 1.81. The molecule has 0 aliphatic carbocycles. The second-order valence-corrected chi connectivity index (χ2v) is 4.34. The Kier molecular flexibility index (Phi) is 5.15. The molecule has 0 saturated carbocycles. The first-order chi connectivity index (χ1) is 10.2. The summed E-state index contributed by atoms with van der Waals surface area (Å²) in [6.07, 6.45) is 1.60. The van der Waals surface area contributed by atoms with Gasteiger partial charge in [0.25, 0.3) is 0 Å². The van der Waals surface area contributed by atoms with Gasteiger partial charge in [-0.3, -0.25) is 9.78 Å². The molecular weight excluding hydrogens is 270 g/mol. The average Bonchev–Trinajstić information content (AvgIpc) is 2.51. The molecule has 2 rings (SSSR count). The number of methoxy groups -OCH3 is 1. The van der Waals surface area contributed by atoms with E-state index in [1.54, 1.807) is 12.3 Å². The summed E-state index contributed by atoms with van der Waals surface area (Å²) in [5.41, 5.74) is 1.58. The molecule has 1 heterocycles. The van der Waals surface area contributed by atoms with E-state index in [1.165, 1.54) is 14.0 Å². The summed E-state index contributed by atoms with van der Waals surface area (Å²) in [4.78, 5) is 15.0. The Morgan fingerprint density at radius 3 is 2.57 bits per heavy atom. The Bertz CT molecular complexity index is 598. The van der Waals surface area contributed by atoms with Crippen LogP contribution in [0, 0.1) is 0 Å². The minimum atomic E-state index is -0.366. The van der Waals surface area contributed by atoms with Gasteiger partial charge >= 0.3 is 5.97 Å². The van der Waals surface area contributed by atoms with Gasteiger partial charge in [-0.25, -0.2) is 0 Å². The van der Waals surface area contributed by atoms with Gasteiger partial charge in [-0.1, -0.05) is 30.3 Å². The van der Waals surface area contributed by atoms with E-state index < -0.39 is 0 Å². The molecule has 1 aromatic carbocycles. The highest BCUT2D eigenvalue weighted by atomic mass is 16.5. The van der Waals surface area contributed by atoms with Gasteiger partial charge in [0.15, 0.2) is 11.5 Å². The second-order valence-electron chi connectivity index (χ2n) is 4.34. The lowest BCUT2D eigenvalue weighted by atomic mass is 10.2. The van der Waals surface area contributed by atoms with Crippen LogP contribution in [-0.2, 0) is 22.7 Å². The van der Waals surface area contributed by atoms with Crippen molar-refractivity contribution >= 4 is 5.97 Å². The summed E-state index contributed by atoms with van der Waals surface area (Å²) < 4.78 is 16.0. The predicted octanol–water partition coefficient (Wildman–Crippen LogP) is 2.73.